The molecule has 2 aromatic carbocycles. The van der Waals surface area contributed by atoms with Crippen molar-refractivity contribution in [3.05, 3.63) is 77.1 Å². The molecule has 0 atom stereocenters. The summed E-state index contributed by atoms with van der Waals surface area (Å²) in [5.74, 6) is 1.46. The quantitative estimate of drug-likeness (QED) is 0.394. The van der Waals surface area contributed by atoms with Gasteiger partial charge in [-0.3, -0.25) is 9.69 Å². The van der Waals surface area contributed by atoms with Crippen molar-refractivity contribution in [1.29, 1.82) is 0 Å². The van der Waals surface area contributed by atoms with Gasteiger partial charge in [0, 0.05) is 5.56 Å². The first-order valence-electron chi connectivity index (χ1n) is 10.6. The minimum atomic E-state index is 0.117. The van der Waals surface area contributed by atoms with Gasteiger partial charge in [0.15, 0.2) is 10.9 Å². The lowest BCUT2D eigenvalue weighted by Crippen LogP contribution is -2.30. The Morgan fingerprint density at radius 1 is 0.933 bits per heavy atom. The Hall–Kier alpha value is -2.44. The van der Waals surface area contributed by atoms with Gasteiger partial charge in [0.2, 0.25) is 0 Å². The number of carbonyl (C=O) groups is 1. The summed E-state index contributed by atoms with van der Waals surface area (Å²) in [6.45, 7) is 5.79. The summed E-state index contributed by atoms with van der Waals surface area (Å²) in [6, 6.07) is 18.1. The number of nitrogens with zero attached hydrogens (tertiary/aromatic N) is 4. The molecular formula is C24H28N4OS. The summed E-state index contributed by atoms with van der Waals surface area (Å²) >= 11 is 1.48. The Morgan fingerprint density at radius 2 is 1.67 bits per heavy atom. The first-order valence-corrected chi connectivity index (χ1v) is 11.6. The fourth-order valence-electron chi connectivity index (χ4n) is 3.74. The third kappa shape index (κ3) is 5.37. The molecule has 156 valence electrons. The molecule has 0 aliphatic carbocycles. The van der Waals surface area contributed by atoms with E-state index in [0.717, 1.165) is 48.3 Å². The molecule has 0 spiro atoms. The topological polar surface area (TPSA) is 51.0 Å². The molecule has 1 saturated heterocycles. The van der Waals surface area contributed by atoms with E-state index in [1.807, 2.05) is 37.3 Å². The van der Waals surface area contributed by atoms with Crippen LogP contribution in [-0.4, -0.2) is 44.3 Å². The number of likely N-dealkylation sites (tertiary alicyclic amines) is 1. The molecule has 0 N–H and O–H groups in total. The highest BCUT2D eigenvalue weighted by molar-refractivity contribution is 7.99. The Morgan fingerprint density at radius 3 is 2.40 bits per heavy atom. The van der Waals surface area contributed by atoms with Crippen molar-refractivity contribution in [2.75, 3.05) is 18.8 Å². The van der Waals surface area contributed by atoms with Gasteiger partial charge in [-0.25, -0.2) is 0 Å². The molecule has 0 saturated carbocycles. The zero-order valence-corrected chi connectivity index (χ0v) is 18.3. The van der Waals surface area contributed by atoms with Gasteiger partial charge in [-0.15, -0.1) is 10.2 Å². The van der Waals surface area contributed by atoms with E-state index in [9.17, 15) is 4.79 Å². The maximum Gasteiger partial charge on any atom is 0.192 e. The number of piperidine rings is 1. The summed E-state index contributed by atoms with van der Waals surface area (Å²) in [6.07, 6.45) is 3.81. The van der Waals surface area contributed by atoms with E-state index < -0.39 is 0 Å². The van der Waals surface area contributed by atoms with Crippen LogP contribution in [0, 0.1) is 6.92 Å². The van der Waals surface area contributed by atoms with Crippen molar-refractivity contribution in [3.63, 3.8) is 0 Å². The molecule has 5 nitrogen and oxygen atoms in total. The fraction of sp³-hybridized carbons (Fsp3) is 0.375. The van der Waals surface area contributed by atoms with Gasteiger partial charge in [0.05, 0.1) is 18.8 Å². The van der Waals surface area contributed by atoms with Crippen LogP contribution in [0.25, 0.3) is 0 Å². The van der Waals surface area contributed by atoms with Crippen molar-refractivity contribution in [2.24, 2.45) is 0 Å². The van der Waals surface area contributed by atoms with Crippen molar-refractivity contribution in [1.82, 2.24) is 19.7 Å². The van der Waals surface area contributed by atoms with Crippen LogP contribution in [0.3, 0.4) is 0 Å². The minimum Gasteiger partial charge on any atom is -0.300 e. The number of ketones is 1. The second-order valence-electron chi connectivity index (χ2n) is 7.89. The number of aryl methyl sites for hydroxylation is 1. The molecule has 1 aliphatic rings. The number of carbonyl (C=O) groups excluding carboxylic acids is 1. The number of aromatic nitrogens is 3. The zero-order valence-electron chi connectivity index (χ0n) is 17.5. The van der Waals surface area contributed by atoms with E-state index >= 15 is 0 Å². The van der Waals surface area contributed by atoms with E-state index in [1.165, 1.54) is 36.6 Å². The monoisotopic (exact) mass is 420 g/mol. The van der Waals surface area contributed by atoms with Crippen LogP contribution in [0.15, 0.2) is 59.8 Å². The zero-order chi connectivity index (χ0) is 20.8. The summed E-state index contributed by atoms with van der Waals surface area (Å²) < 4.78 is 2.18. The Balaban J connectivity index is 1.50. The molecule has 1 fully saturated rings. The Bertz CT molecular complexity index is 963. The van der Waals surface area contributed by atoms with Crippen LogP contribution >= 0.6 is 11.8 Å². The fourth-order valence-corrected chi connectivity index (χ4v) is 4.59. The van der Waals surface area contributed by atoms with E-state index in [-0.39, 0.29) is 5.78 Å². The molecule has 1 aliphatic heterocycles. The van der Waals surface area contributed by atoms with Gasteiger partial charge in [-0.05, 0) is 38.4 Å². The second kappa shape index (κ2) is 10.0. The molecule has 0 unspecified atom stereocenters. The lowest BCUT2D eigenvalue weighted by Gasteiger charge is -2.26. The standard InChI is InChI=1S/C24H28N4OS/c1-19-10-12-21(13-11-19)22(29)18-30-24-26-25-23(17-27-14-6-3-7-15-27)28(24)16-20-8-4-2-5-9-20/h2,4-5,8-13H,3,6-7,14-18H2,1H3. The molecular weight excluding hydrogens is 392 g/mol. The van der Waals surface area contributed by atoms with E-state index in [2.05, 4.69) is 43.9 Å². The summed E-state index contributed by atoms with van der Waals surface area (Å²) in [4.78, 5) is 15.1. The van der Waals surface area contributed by atoms with E-state index in [4.69, 9.17) is 0 Å². The summed E-state index contributed by atoms with van der Waals surface area (Å²) in [5, 5.41) is 9.77. The predicted molar refractivity (Wildman–Crippen MR) is 121 cm³/mol. The van der Waals surface area contributed by atoms with Gasteiger partial charge >= 0.3 is 0 Å². The van der Waals surface area contributed by atoms with Crippen LogP contribution < -0.4 is 0 Å². The molecule has 1 aromatic heterocycles. The highest BCUT2D eigenvalue weighted by Crippen LogP contribution is 2.22. The second-order valence-corrected chi connectivity index (χ2v) is 8.83. The average Bonchev–Trinajstić information content (AvgIpc) is 3.15. The highest BCUT2D eigenvalue weighted by Gasteiger charge is 2.19. The SMILES string of the molecule is Cc1ccc(C(=O)CSc2nnc(CN3CCCCC3)n2Cc2ccccc2)cc1. The molecule has 0 bridgehead atoms. The number of Topliss-reactive ketones (excluding diaryl/α,β-unsaturated/α-hetero) is 1. The number of thioether (sulfide) groups is 1. The van der Waals surface area contributed by atoms with Crippen LogP contribution in [0.4, 0.5) is 0 Å². The number of rotatable bonds is 8. The molecule has 30 heavy (non-hydrogen) atoms. The normalized spacial score (nSPS) is 14.7. The van der Waals surface area contributed by atoms with Crippen molar-refractivity contribution in [3.8, 4) is 0 Å². The predicted octanol–water partition coefficient (Wildman–Crippen LogP) is 4.60. The maximum atomic E-state index is 12.6. The Labute approximate surface area is 182 Å². The minimum absolute atomic E-state index is 0.117. The molecule has 0 amide bonds. The first kappa shape index (κ1) is 20.8. The van der Waals surface area contributed by atoms with Gasteiger partial charge < -0.3 is 4.57 Å². The third-order valence-corrected chi connectivity index (χ3v) is 6.46. The molecule has 6 heteroatoms. The van der Waals surface area contributed by atoms with Crippen LogP contribution in [0.1, 0.15) is 46.6 Å². The maximum absolute atomic E-state index is 12.6. The third-order valence-electron chi connectivity index (χ3n) is 5.50. The van der Waals surface area contributed by atoms with Crippen molar-refractivity contribution < 1.29 is 4.79 Å². The van der Waals surface area contributed by atoms with Crippen molar-refractivity contribution >= 4 is 17.5 Å². The van der Waals surface area contributed by atoms with Crippen LogP contribution in [-0.2, 0) is 13.1 Å². The summed E-state index contributed by atoms with van der Waals surface area (Å²) in [5.41, 5.74) is 3.11. The van der Waals surface area contributed by atoms with Gasteiger partial charge in [-0.2, -0.15) is 0 Å². The Kier molecular flexibility index (Phi) is 6.97. The molecule has 4 rings (SSSR count). The molecule has 0 radical (unpaired) electrons. The van der Waals surface area contributed by atoms with Crippen LogP contribution in [0.5, 0.6) is 0 Å². The van der Waals surface area contributed by atoms with E-state index in [1.54, 1.807) is 0 Å². The van der Waals surface area contributed by atoms with E-state index in [0.29, 0.717) is 5.75 Å². The highest BCUT2D eigenvalue weighted by atomic mass is 32.2. The largest absolute Gasteiger partial charge is 0.300 e. The molecule has 2 heterocycles. The van der Waals surface area contributed by atoms with Gasteiger partial charge in [0.1, 0.15) is 5.82 Å². The van der Waals surface area contributed by atoms with Crippen LogP contribution in [0.2, 0.25) is 0 Å². The first-order chi connectivity index (χ1) is 14.7. The van der Waals surface area contributed by atoms with Gasteiger partial charge in [-0.1, -0.05) is 78.3 Å². The summed E-state index contributed by atoms with van der Waals surface area (Å²) in [7, 11) is 0. The smallest absolute Gasteiger partial charge is 0.192 e. The average molecular weight is 421 g/mol. The lowest BCUT2D eigenvalue weighted by molar-refractivity contribution is 0.102. The van der Waals surface area contributed by atoms with Crippen molar-refractivity contribution in [2.45, 2.75) is 44.4 Å². The molecule has 3 aromatic rings. The number of hydrogen-bond donors (Lipinski definition) is 0. The number of hydrogen-bond acceptors (Lipinski definition) is 5. The lowest BCUT2D eigenvalue weighted by atomic mass is 10.1. The van der Waals surface area contributed by atoms with Gasteiger partial charge in [0.25, 0.3) is 0 Å². The number of benzene rings is 2.